The van der Waals surface area contributed by atoms with Crippen LogP contribution >= 0.6 is 0 Å². The van der Waals surface area contributed by atoms with E-state index >= 15 is 0 Å². The molecule has 1 aliphatic carbocycles. The minimum Gasteiger partial charge on any atom is -0.465 e. The van der Waals surface area contributed by atoms with Gasteiger partial charge in [-0.15, -0.1) is 0 Å². The Balaban J connectivity index is 2.10. The quantitative estimate of drug-likeness (QED) is 0.487. The van der Waals surface area contributed by atoms with Crippen LogP contribution in [0.4, 0.5) is 4.79 Å². The van der Waals surface area contributed by atoms with E-state index in [-0.39, 0.29) is 12.1 Å². The van der Waals surface area contributed by atoms with Crippen molar-refractivity contribution in [1.29, 1.82) is 0 Å². The Morgan fingerprint density at radius 1 is 1.70 bits per heavy atom. The SMILES string of the molecule is NC1C2CC1N(C(=O)O)C2. The standard InChI is InChI=1S/C6H10N2O2/c7-5-3-1-4(5)8(2-3)6(9)10/h3-5H,1-2,7H2,(H,9,10). The third-order valence-corrected chi connectivity index (χ3v) is 2.61. The summed E-state index contributed by atoms with van der Waals surface area (Å²) in [6.45, 7) is 0.654. The average molecular weight is 142 g/mol. The molecule has 56 valence electrons. The van der Waals surface area contributed by atoms with Gasteiger partial charge in [-0.2, -0.15) is 0 Å². The second-order valence-electron chi connectivity index (χ2n) is 3.08. The Morgan fingerprint density at radius 3 is 2.60 bits per heavy atom. The lowest BCUT2D eigenvalue weighted by atomic mass is 9.81. The molecule has 10 heavy (non-hydrogen) atoms. The van der Waals surface area contributed by atoms with Crippen LogP contribution in [0, 0.1) is 5.92 Å². The highest BCUT2D eigenvalue weighted by Gasteiger charge is 2.51. The van der Waals surface area contributed by atoms with E-state index in [1.54, 1.807) is 0 Å². The highest BCUT2D eigenvalue weighted by Crippen LogP contribution is 2.39. The molecule has 3 atom stereocenters. The number of hydrogen-bond donors (Lipinski definition) is 2. The lowest BCUT2D eigenvalue weighted by molar-refractivity contribution is 0.138. The third kappa shape index (κ3) is 0.520. The summed E-state index contributed by atoms with van der Waals surface area (Å²) in [5.74, 6) is 0.445. The van der Waals surface area contributed by atoms with Gasteiger partial charge in [-0.25, -0.2) is 4.79 Å². The zero-order valence-corrected chi connectivity index (χ0v) is 5.53. The van der Waals surface area contributed by atoms with Crippen LogP contribution < -0.4 is 5.73 Å². The number of nitrogens with zero attached hydrogens (tertiary/aromatic N) is 1. The highest BCUT2D eigenvalue weighted by atomic mass is 16.4. The second kappa shape index (κ2) is 1.63. The van der Waals surface area contributed by atoms with Gasteiger partial charge in [-0.1, -0.05) is 0 Å². The Kier molecular flexibility index (Phi) is 0.976. The van der Waals surface area contributed by atoms with Crippen molar-refractivity contribution in [3.63, 3.8) is 0 Å². The molecule has 3 fully saturated rings. The highest BCUT2D eigenvalue weighted by molar-refractivity contribution is 5.67. The fraction of sp³-hybridized carbons (Fsp3) is 0.833. The van der Waals surface area contributed by atoms with Crippen molar-refractivity contribution in [2.75, 3.05) is 6.54 Å². The van der Waals surface area contributed by atoms with Gasteiger partial charge in [-0.05, 0) is 12.3 Å². The summed E-state index contributed by atoms with van der Waals surface area (Å²) in [5, 5.41) is 8.60. The molecular weight excluding hydrogens is 132 g/mol. The van der Waals surface area contributed by atoms with Gasteiger partial charge in [0.25, 0.3) is 0 Å². The van der Waals surface area contributed by atoms with E-state index in [9.17, 15) is 4.79 Å². The van der Waals surface area contributed by atoms with E-state index in [1.807, 2.05) is 0 Å². The molecule has 4 heteroatoms. The van der Waals surface area contributed by atoms with Gasteiger partial charge < -0.3 is 15.7 Å². The lowest BCUT2D eigenvalue weighted by Crippen LogP contribution is -2.50. The number of carboxylic acid groups (broad SMARTS) is 1. The summed E-state index contributed by atoms with van der Waals surface area (Å²) in [4.78, 5) is 11.9. The number of hydrogen-bond acceptors (Lipinski definition) is 2. The van der Waals surface area contributed by atoms with Gasteiger partial charge in [0.1, 0.15) is 0 Å². The molecular formula is C6H10N2O2. The van der Waals surface area contributed by atoms with Gasteiger partial charge >= 0.3 is 6.09 Å². The van der Waals surface area contributed by atoms with Gasteiger partial charge in [0.05, 0.1) is 6.04 Å². The molecule has 3 aliphatic rings. The maximum atomic E-state index is 10.5. The molecule has 4 nitrogen and oxygen atoms in total. The Hall–Kier alpha value is -0.770. The first-order valence-corrected chi connectivity index (χ1v) is 3.45. The van der Waals surface area contributed by atoms with Crippen molar-refractivity contribution in [3.8, 4) is 0 Å². The number of amides is 1. The Morgan fingerprint density at radius 2 is 2.40 bits per heavy atom. The van der Waals surface area contributed by atoms with Crippen LogP contribution in [-0.2, 0) is 0 Å². The maximum Gasteiger partial charge on any atom is 0.407 e. The first-order valence-electron chi connectivity index (χ1n) is 3.45. The normalized spacial score (nSPS) is 43.3. The summed E-state index contributed by atoms with van der Waals surface area (Å²) < 4.78 is 0. The molecule has 0 spiro atoms. The molecule has 3 N–H and O–H groups in total. The van der Waals surface area contributed by atoms with Crippen LogP contribution in [0.1, 0.15) is 6.42 Å². The molecule has 0 aromatic carbocycles. The summed E-state index contributed by atoms with van der Waals surface area (Å²) in [7, 11) is 0. The van der Waals surface area contributed by atoms with Gasteiger partial charge in [0.2, 0.25) is 0 Å². The molecule has 0 aromatic rings. The zero-order chi connectivity index (χ0) is 7.30. The van der Waals surface area contributed by atoms with Gasteiger partial charge in [0, 0.05) is 12.6 Å². The van der Waals surface area contributed by atoms with Crippen molar-refractivity contribution in [1.82, 2.24) is 4.90 Å². The number of carbonyl (C=O) groups is 1. The maximum absolute atomic E-state index is 10.5. The van der Waals surface area contributed by atoms with E-state index in [4.69, 9.17) is 10.8 Å². The third-order valence-electron chi connectivity index (χ3n) is 2.61. The summed E-state index contributed by atoms with van der Waals surface area (Å²) in [6.07, 6.45) is 0.161. The van der Waals surface area contributed by atoms with Crippen LogP contribution in [0.2, 0.25) is 0 Å². The molecule has 2 aliphatic heterocycles. The van der Waals surface area contributed by atoms with Crippen molar-refractivity contribution in [2.45, 2.75) is 18.5 Å². The zero-order valence-electron chi connectivity index (χ0n) is 5.53. The minimum absolute atomic E-state index is 0.121. The van der Waals surface area contributed by atoms with E-state index in [0.717, 1.165) is 6.42 Å². The summed E-state index contributed by atoms with van der Waals surface area (Å²) >= 11 is 0. The second-order valence-corrected chi connectivity index (χ2v) is 3.08. The largest absolute Gasteiger partial charge is 0.465 e. The molecule has 0 radical (unpaired) electrons. The Labute approximate surface area is 58.6 Å². The van der Waals surface area contributed by atoms with E-state index in [2.05, 4.69) is 0 Å². The predicted octanol–water partition coefficient (Wildman–Crippen LogP) is -0.304. The minimum atomic E-state index is -0.819. The van der Waals surface area contributed by atoms with E-state index in [1.165, 1.54) is 4.90 Å². The van der Waals surface area contributed by atoms with E-state index in [0.29, 0.717) is 12.5 Å². The predicted molar refractivity (Wildman–Crippen MR) is 34.6 cm³/mol. The fourth-order valence-electron chi connectivity index (χ4n) is 1.88. The van der Waals surface area contributed by atoms with Gasteiger partial charge in [-0.3, -0.25) is 0 Å². The smallest absolute Gasteiger partial charge is 0.407 e. The van der Waals surface area contributed by atoms with Crippen LogP contribution in [0.5, 0.6) is 0 Å². The molecule has 1 amide bonds. The summed E-state index contributed by atoms with van der Waals surface area (Å²) in [5.41, 5.74) is 5.65. The van der Waals surface area contributed by atoms with Crippen molar-refractivity contribution < 1.29 is 9.90 Å². The number of rotatable bonds is 0. The van der Waals surface area contributed by atoms with E-state index < -0.39 is 6.09 Å². The monoisotopic (exact) mass is 142 g/mol. The lowest BCUT2D eigenvalue weighted by Gasteiger charge is -2.32. The van der Waals surface area contributed by atoms with Crippen LogP contribution in [0.3, 0.4) is 0 Å². The van der Waals surface area contributed by atoms with Crippen LogP contribution in [0.25, 0.3) is 0 Å². The van der Waals surface area contributed by atoms with Crippen molar-refractivity contribution >= 4 is 6.09 Å². The molecule has 0 aromatic heterocycles. The Bertz CT molecular complexity index is 183. The van der Waals surface area contributed by atoms with Crippen molar-refractivity contribution in [3.05, 3.63) is 0 Å². The topological polar surface area (TPSA) is 66.6 Å². The molecule has 2 heterocycles. The first kappa shape index (κ1) is 5.97. The fourth-order valence-corrected chi connectivity index (χ4v) is 1.88. The number of nitrogens with two attached hydrogens (primary N) is 1. The van der Waals surface area contributed by atoms with Crippen LogP contribution in [-0.4, -0.2) is 34.7 Å². The molecule has 1 saturated carbocycles. The average Bonchev–Trinajstić information content (AvgIpc) is 2.40. The van der Waals surface area contributed by atoms with Gasteiger partial charge in [0.15, 0.2) is 0 Å². The van der Waals surface area contributed by atoms with Crippen LogP contribution in [0.15, 0.2) is 0 Å². The molecule has 3 unspecified atom stereocenters. The number of fused-ring (bicyclic) bond motifs is 1. The summed E-state index contributed by atoms with van der Waals surface area (Å²) in [6, 6.07) is 0.249. The first-order chi connectivity index (χ1) is 4.70. The molecule has 2 bridgehead atoms. The molecule has 2 saturated heterocycles. The molecule has 3 rings (SSSR count). The van der Waals surface area contributed by atoms with Crippen molar-refractivity contribution in [2.24, 2.45) is 11.7 Å².